The number of halogens is 3. The van der Waals surface area contributed by atoms with E-state index < -0.39 is 11.7 Å². The van der Waals surface area contributed by atoms with Gasteiger partial charge in [-0.15, -0.1) is 11.3 Å². The summed E-state index contributed by atoms with van der Waals surface area (Å²) >= 11 is 1.32. The lowest BCUT2D eigenvalue weighted by Gasteiger charge is -2.08. The molecule has 0 radical (unpaired) electrons. The first-order valence-corrected chi connectivity index (χ1v) is 8.42. The van der Waals surface area contributed by atoms with Crippen molar-refractivity contribution in [1.29, 1.82) is 0 Å². The van der Waals surface area contributed by atoms with Gasteiger partial charge in [0.25, 0.3) is 0 Å². The summed E-state index contributed by atoms with van der Waals surface area (Å²) in [6, 6.07) is 9.93. The molecule has 0 aliphatic rings. The standard InChI is InChI=1S/C18H10F3N3OS/c19-18(20,21)12-5-3-11(4-6-12)14-7-8-22-17-13(10-23-24(14)17)16(25)15-2-1-9-26-15/h1-10H. The van der Waals surface area contributed by atoms with Crippen molar-refractivity contribution in [1.82, 2.24) is 14.6 Å². The average Bonchev–Trinajstić information content (AvgIpc) is 3.30. The second kappa shape index (κ2) is 6.06. The summed E-state index contributed by atoms with van der Waals surface area (Å²) < 4.78 is 39.7. The quantitative estimate of drug-likeness (QED) is 0.489. The maximum Gasteiger partial charge on any atom is 0.416 e. The molecule has 0 aliphatic heterocycles. The second-order valence-electron chi connectivity index (χ2n) is 5.51. The van der Waals surface area contributed by atoms with Crippen molar-refractivity contribution in [3.05, 3.63) is 76.2 Å². The zero-order valence-electron chi connectivity index (χ0n) is 13.1. The van der Waals surface area contributed by atoms with Crippen LogP contribution in [0.5, 0.6) is 0 Å². The average molecular weight is 373 g/mol. The SMILES string of the molecule is O=C(c1cccs1)c1cnn2c(-c3ccc(C(F)(F)F)cc3)ccnc12. The number of nitrogens with zero attached hydrogens (tertiary/aromatic N) is 3. The Morgan fingerprint density at radius 3 is 2.50 bits per heavy atom. The molecular weight excluding hydrogens is 363 g/mol. The van der Waals surface area contributed by atoms with E-state index in [1.165, 1.54) is 40.4 Å². The number of rotatable bonds is 3. The third-order valence-corrected chi connectivity index (χ3v) is 4.77. The summed E-state index contributed by atoms with van der Waals surface area (Å²) in [5.41, 5.74) is 1.08. The van der Waals surface area contributed by atoms with Gasteiger partial charge in [-0.3, -0.25) is 4.79 Å². The molecule has 1 aromatic carbocycles. The van der Waals surface area contributed by atoms with Gasteiger partial charge in [0.1, 0.15) is 0 Å². The normalized spacial score (nSPS) is 11.8. The fraction of sp³-hybridized carbons (Fsp3) is 0.0556. The maximum atomic E-state index is 12.7. The van der Waals surface area contributed by atoms with E-state index in [2.05, 4.69) is 10.1 Å². The van der Waals surface area contributed by atoms with Gasteiger partial charge < -0.3 is 0 Å². The number of thiophene rings is 1. The fourth-order valence-corrected chi connectivity index (χ4v) is 3.32. The summed E-state index contributed by atoms with van der Waals surface area (Å²) in [6.07, 6.45) is -1.45. The zero-order chi connectivity index (χ0) is 18.3. The summed E-state index contributed by atoms with van der Waals surface area (Å²) in [5, 5.41) is 6.02. The Balaban J connectivity index is 1.79. The molecular formula is C18H10F3N3OS. The van der Waals surface area contributed by atoms with E-state index in [1.54, 1.807) is 23.6 Å². The molecule has 0 atom stereocenters. The molecule has 0 unspecified atom stereocenters. The highest BCUT2D eigenvalue weighted by atomic mass is 32.1. The molecule has 0 saturated carbocycles. The largest absolute Gasteiger partial charge is 0.416 e. The lowest BCUT2D eigenvalue weighted by molar-refractivity contribution is -0.137. The van der Waals surface area contributed by atoms with Crippen molar-refractivity contribution >= 4 is 22.8 Å². The van der Waals surface area contributed by atoms with Crippen LogP contribution in [0.2, 0.25) is 0 Å². The van der Waals surface area contributed by atoms with Crippen molar-refractivity contribution < 1.29 is 18.0 Å². The van der Waals surface area contributed by atoms with E-state index in [0.29, 0.717) is 27.3 Å². The summed E-state index contributed by atoms with van der Waals surface area (Å²) in [5.74, 6) is -0.188. The first-order valence-electron chi connectivity index (χ1n) is 7.54. The fourth-order valence-electron chi connectivity index (χ4n) is 2.64. The molecule has 4 nitrogen and oxygen atoms in total. The maximum absolute atomic E-state index is 12.7. The lowest BCUT2D eigenvalue weighted by Crippen LogP contribution is -2.04. The van der Waals surface area contributed by atoms with Crippen LogP contribution in [0.4, 0.5) is 13.2 Å². The van der Waals surface area contributed by atoms with Crippen molar-refractivity contribution in [2.24, 2.45) is 0 Å². The van der Waals surface area contributed by atoms with Crippen molar-refractivity contribution in [2.45, 2.75) is 6.18 Å². The number of fused-ring (bicyclic) bond motifs is 1. The highest BCUT2D eigenvalue weighted by molar-refractivity contribution is 7.12. The van der Waals surface area contributed by atoms with E-state index in [0.717, 1.165) is 12.1 Å². The molecule has 0 fully saturated rings. The highest BCUT2D eigenvalue weighted by Gasteiger charge is 2.30. The van der Waals surface area contributed by atoms with Crippen LogP contribution in [0.25, 0.3) is 16.9 Å². The number of aromatic nitrogens is 3. The third kappa shape index (κ3) is 2.78. The Bertz CT molecular complexity index is 1080. The number of ketones is 1. The van der Waals surface area contributed by atoms with Gasteiger partial charge >= 0.3 is 6.18 Å². The summed E-state index contributed by atoms with van der Waals surface area (Å²) in [7, 11) is 0. The summed E-state index contributed by atoms with van der Waals surface area (Å²) in [4.78, 5) is 17.4. The van der Waals surface area contributed by atoms with Crippen LogP contribution < -0.4 is 0 Å². The van der Waals surface area contributed by atoms with Gasteiger partial charge in [0.2, 0.25) is 5.78 Å². The van der Waals surface area contributed by atoms with Crippen molar-refractivity contribution in [2.75, 3.05) is 0 Å². The van der Waals surface area contributed by atoms with E-state index in [1.807, 2.05) is 0 Å². The van der Waals surface area contributed by atoms with Gasteiger partial charge in [-0.25, -0.2) is 9.50 Å². The lowest BCUT2D eigenvalue weighted by atomic mass is 10.1. The van der Waals surface area contributed by atoms with Crippen molar-refractivity contribution in [3.8, 4) is 11.3 Å². The van der Waals surface area contributed by atoms with Gasteiger partial charge in [-0.1, -0.05) is 18.2 Å². The Morgan fingerprint density at radius 2 is 1.85 bits per heavy atom. The van der Waals surface area contributed by atoms with Crippen LogP contribution >= 0.6 is 11.3 Å². The Kier molecular flexibility index (Phi) is 3.84. The Morgan fingerprint density at radius 1 is 1.08 bits per heavy atom. The Hall–Kier alpha value is -3.00. The topological polar surface area (TPSA) is 47.3 Å². The van der Waals surface area contributed by atoms with Crippen LogP contribution in [0.15, 0.2) is 60.2 Å². The first kappa shape index (κ1) is 16.5. The number of carbonyl (C=O) groups excluding carboxylic acids is 1. The van der Waals surface area contributed by atoms with Crippen LogP contribution in [-0.4, -0.2) is 20.4 Å². The van der Waals surface area contributed by atoms with Crippen LogP contribution in [0.1, 0.15) is 20.8 Å². The van der Waals surface area contributed by atoms with E-state index in [4.69, 9.17) is 0 Å². The molecule has 0 saturated heterocycles. The minimum Gasteiger partial charge on any atom is -0.287 e. The molecule has 8 heteroatoms. The van der Waals surface area contributed by atoms with E-state index in [9.17, 15) is 18.0 Å². The number of hydrogen-bond donors (Lipinski definition) is 0. The minimum absolute atomic E-state index is 0.188. The highest BCUT2D eigenvalue weighted by Crippen LogP contribution is 2.31. The predicted octanol–water partition coefficient (Wildman–Crippen LogP) is 4.71. The zero-order valence-corrected chi connectivity index (χ0v) is 13.9. The van der Waals surface area contributed by atoms with Crippen LogP contribution in [0, 0.1) is 0 Å². The molecule has 0 aliphatic carbocycles. The smallest absolute Gasteiger partial charge is 0.287 e. The number of benzene rings is 1. The van der Waals surface area contributed by atoms with Gasteiger partial charge in [-0.05, 0) is 29.6 Å². The molecule has 0 bridgehead atoms. The second-order valence-corrected chi connectivity index (χ2v) is 6.45. The molecule has 26 heavy (non-hydrogen) atoms. The molecule has 0 spiro atoms. The number of carbonyl (C=O) groups is 1. The predicted molar refractivity (Wildman–Crippen MR) is 91.2 cm³/mol. The molecule has 3 heterocycles. The van der Waals surface area contributed by atoms with Gasteiger partial charge in [0.05, 0.1) is 27.9 Å². The van der Waals surface area contributed by atoms with Gasteiger partial charge in [0, 0.05) is 11.8 Å². The molecule has 4 rings (SSSR count). The van der Waals surface area contributed by atoms with Crippen LogP contribution in [-0.2, 0) is 6.18 Å². The minimum atomic E-state index is -4.39. The van der Waals surface area contributed by atoms with Gasteiger partial charge in [-0.2, -0.15) is 18.3 Å². The van der Waals surface area contributed by atoms with Crippen LogP contribution in [0.3, 0.4) is 0 Å². The first-order chi connectivity index (χ1) is 12.4. The van der Waals surface area contributed by atoms with Gasteiger partial charge in [0.15, 0.2) is 5.65 Å². The van der Waals surface area contributed by atoms with Crippen molar-refractivity contribution in [3.63, 3.8) is 0 Å². The molecule has 0 amide bonds. The molecule has 130 valence electrons. The Labute approximate surface area is 149 Å². The van der Waals surface area contributed by atoms with E-state index >= 15 is 0 Å². The number of hydrogen-bond acceptors (Lipinski definition) is 4. The summed E-state index contributed by atoms with van der Waals surface area (Å²) in [6.45, 7) is 0. The monoisotopic (exact) mass is 373 g/mol. The molecule has 4 aromatic rings. The van der Waals surface area contributed by atoms with E-state index in [-0.39, 0.29) is 5.78 Å². The molecule has 0 N–H and O–H groups in total. The number of alkyl halides is 3. The third-order valence-electron chi connectivity index (χ3n) is 3.90. The molecule has 3 aromatic heterocycles.